The minimum absolute atomic E-state index is 0.0902. The Labute approximate surface area is 350 Å². The third kappa shape index (κ3) is 27.4. The summed E-state index contributed by atoms with van der Waals surface area (Å²) in [5.74, 6) is -1.10. The third-order valence-corrected chi connectivity index (χ3v) is 11.8. The maximum atomic E-state index is 12.8. The Morgan fingerprint density at radius 3 is 1.34 bits per heavy atom. The minimum Gasteiger partial charge on any atom is -0.462 e. The number of aliphatic hydroxyl groups is 5. The summed E-state index contributed by atoms with van der Waals surface area (Å²) < 4.78 is 33.5. The maximum absolute atomic E-state index is 12.8. The second-order valence-electron chi connectivity index (χ2n) is 16.3. The first kappa shape index (κ1) is 54.6. The Morgan fingerprint density at radius 2 is 0.879 bits per heavy atom. The predicted molar refractivity (Wildman–Crippen MR) is 226 cm³/mol. The molecule has 342 valence electrons. The van der Waals surface area contributed by atoms with Crippen molar-refractivity contribution in [1.29, 1.82) is 0 Å². The van der Waals surface area contributed by atoms with Gasteiger partial charge in [-0.2, -0.15) is 0 Å². The average molecular weight is 851 g/mol. The first-order valence-electron chi connectivity index (χ1n) is 23.0. The molecule has 1 aliphatic rings. The molecule has 0 radical (unpaired) electrons. The monoisotopic (exact) mass is 851 g/mol. The van der Waals surface area contributed by atoms with Gasteiger partial charge in [0.1, 0.15) is 43.2 Å². The van der Waals surface area contributed by atoms with Gasteiger partial charge in [-0.15, -0.1) is 0 Å². The number of rotatable bonds is 38. The van der Waals surface area contributed by atoms with E-state index in [-0.39, 0.29) is 12.8 Å². The molecule has 1 fully saturated rings. The van der Waals surface area contributed by atoms with Gasteiger partial charge in [-0.05, 0) is 38.5 Å². The van der Waals surface area contributed by atoms with Crippen LogP contribution in [-0.4, -0.2) is 98.3 Å². The standard InChI is InChI=1S/C44H83O13P/c1-3-5-7-9-11-13-15-17-18-19-20-21-23-24-26-28-30-32-37(45)54-34-36(56-38(46)33-31-29-27-25-22-16-14-12-10-8-6-4-2)35-55-58(52,53)57-44-42(50)40(48)39(47)41(49)43(44)51/h12,14,36,39-44,47-51H,3-11,13,15-35H2,1-2H3,(H,52,53)/b14-12+/t36-,39?,40-,41?,42?,43?,44?/m0/s1. The van der Waals surface area contributed by atoms with Crippen LogP contribution in [0.4, 0.5) is 0 Å². The van der Waals surface area contributed by atoms with Crippen molar-refractivity contribution in [2.45, 2.75) is 243 Å². The molecular formula is C44H83O13P. The molecular weight excluding hydrogens is 767 g/mol. The Balaban J connectivity index is 2.43. The molecule has 0 heterocycles. The van der Waals surface area contributed by atoms with Crippen LogP contribution in [0.15, 0.2) is 12.2 Å². The maximum Gasteiger partial charge on any atom is 0.472 e. The van der Waals surface area contributed by atoms with Gasteiger partial charge >= 0.3 is 19.8 Å². The fraction of sp³-hybridized carbons (Fsp3) is 0.909. The highest BCUT2D eigenvalue weighted by molar-refractivity contribution is 7.47. The number of aliphatic hydroxyl groups excluding tert-OH is 5. The van der Waals surface area contributed by atoms with Gasteiger partial charge in [0.2, 0.25) is 0 Å². The number of phosphoric acid groups is 1. The number of esters is 2. The summed E-state index contributed by atoms with van der Waals surface area (Å²) in [4.78, 5) is 35.6. The first-order valence-corrected chi connectivity index (χ1v) is 24.5. The zero-order valence-corrected chi connectivity index (χ0v) is 37.0. The molecule has 0 amide bonds. The highest BCUT2D eigenvalue weighted by Gasteiger charge is 2.51. The van der Waals surface area contributed by atoms with E-state index < -0.39 is 75.7 Å². The van der Waals surface area contributed by atoms with Gasteiger partial charge < -0.3 is 39.9 Å². The fourth-order valence-corrected chi connectivity index (χ4v) is 8.08. The topological polar surface area (TPSA) is 210 Å². The van der Waals surface area contributed by atoms with Crippen LogP contribution < -0.4 is 0 Å². The Hall–Kier alpha value is -1.41. The van der Waals surface area contributed by atoms with Crippen LogP contribution in [-0.2, 0) is 32.7 Å². The first-order chi connectivity index (χ1) is 27.9. The highest BCUT2D eigenvalue weighted by Crippen LogP contribution is 2.47. The molecule has 1 saturated carbocycles. The van der Waals surface area contributed by atoms with Crippen molar-refractivity contribution >= 4 is 19.8 Å². The van der Waals surface area contributed by atoms with Crippen molar-refractivity contribution in [3.05, 3.63) is 12.2 Å². The molecule has 0 aromatic rings. The van der Waals surface area contributed by atoms with Gasteiger partial charge in [0.25, 0.3) is 0 Å². The van der Waals surface area contributed by atoms with Gasteiger partial charge in [-0.1, -0.05) is 161 Å². The van der Waals surface area contributed by atoms with Crippen molar-refractivity contribution < 1.29 is 63.1 Å². The lowest BCUT2D eigenvalue weighted by Gasteiger charge is -2.41. The molecule has 0 aromatic carbocycles. The summed E-state index contributed by atoms with van der Waals surface area (Å²) in [6.45, 7) is 3.27. The number of carbonyl (C=O) groups excluding carboxylic acids is 2. The molecule has 0 spiro atoms. The number of unbranched alkanes of at least 4 members (excludes halogenated alkanes) is 24. The molecule has 1 rings (SSSR count). The molecule has 8 atom stereocenters. The molecule has 6 N–H and O–H groups in total. The highest BCUT2D eigenvalue weighted by atomic mass is 31.2. The van der Waals surface area contributed by atoms with E-state index in [9.17, 15) is 44.6 Å². The van der Waals surface area contributed by atoms with E-state index in [4.69, 9.17) is 18.5 Å². The summed E-state index contributed by atoms with van der Waals surface area (Å²) in [7, 11) is -5.11. The van der Waals surface area contributed by atoms with E-state index >= 15 is 0 Å². The number of phosphoric ester groups is 1. The number of carbonyl (C=O) groups is 2. The van der Waals surface area contributed by atoms with Gasteiger partial charge in [-0.3, -0.25) is 18.6 Å². The van der Waals surface area contributed by atoms with Crippen molar-refractivity contribution in [2.75, 3.05) is 13.2 Å². The van der Waals surface area contributed by atoms with Crippen LogP contribution in [0.5, 0.6) is 0 Å². The van der Waals surface area contributed by atoms with E-state index in [1.165, 1.54) is 103 Å². The summed E-state index contributed by atoms with van der Waals surface area (Å²) >= 11 is 0. The second kappa shape index (κ2) is 35.2. The van der Waals surface area contributed by atoms with E-state index in [1.807, 2.05) is 0 Å². The Kier molecular flexibility index (Phi) is 33.2. The quantitative estimate of drug-likeness (QED) is 0.0149. The second-order valence-corrected chi connectivity index (χ2v) is 17.7. The van der Waals surface area contributed by atoms with Crippen molar-refractivity contribution in [1.82, 2.24) is 0 Å². The van der Waals surface area contributed by atoms with Crippen LogP contribution in [0.3, 0.4) is 0 Å². The van der Waals surface area contributed by atoms with Crippen molar-refractivity contribution in [3.8, 4) is 0 Å². The summed E-state index contributed by atoms with van der Waals surface area (Å²) in [6, 6.07) is 0. The van der Waals surface area contributed by atoms with E-state index in [2.05, 4.69) is 26.0 Å². The van der Waals surface area contributed by atoms with Gasteiger partial charge in [0, 0.05) is 12.8 Å². The number of allylic oxidation sites excluding steroid dienone is 2. The van der Waals surface area contributed by atoms with Crippen molar-refractivity contribution in [2.24, 2.45) is 0 Å². The largest absolute Gasteiger partial charge is 0.472 e. The van der Waals surface area contributed by atoms with Gasteiger partial charge in [-0.25, -0.2) is 4.57 Å². The number of hydrogen-bond acceptors (Lipinski definition) is 12. The normalized spacial score (nSPS) is 22.6. The summed E-state index contributed by atoms with van der Waals surface area (Å²) in [6.07, 6.45) is 22.7. The predicted octanol–water partition coefficient (Wildman–Crippen LogP) is 8.67. The molecule has 58 heavy (non-hydrogen) atoms. The van der Waals surface area contributed by atoms with Crippen LogP contribution in [0.2, 0.25) is 0 Å². The molecule has 0 bridgehead atoms. The molecule has 0 aromatic heterocycles. The van der Waals surface area contributed by atoms with Crippen molar-refractivity contribution in [3.63, 3.8) is 0 Å². The van der Waals surface area contributed by atoms with Crippen LogP contribution >= 0.6 is 7.82 Å². The zero-order valence-electron chi connectivity index (χ0n) is 36.1. The van der Waals surface area contributed by atoms with Crippen LogP contribution in [0.25, 0.3) is 0 Å². The van der Waals surface area contributed by atoms with Gasteiger partial charge in [0.15, 0.2) is 6.10 Å². The molecule has 0 saturated heterocycles. The zero-order chi connectivity index (χ0) is 42.9. The summed E-state index contributed by atoms with van der Waals surface area (Å²) in [5.41, 5.74) is 0. The number of ether oxygens (including phenoxy) is 2. The Bertz CT molecular complexity index is 1080. The van der Waals surface area contributed by atoms with Crippen LogP contribution in [0, 0.1) is 0 Å². The van der Waals surface area contributed by atoms with Gasteiger partial charge in [0.05, 0.1) is 6.61 Å². The molecule has 6 unspecified atom stereocenters. The average Bonchev–Trinajstić information content (AvgIpc) is 3.20. The van der Waals surface area contributed by atoms with E-state index in [0.717, 1.165) is 57.8 Å². The lowest BCUT2D eigenvalue weighted by molar-refractivity contribution is -0.220. The minimum atomic E-state index is -5.11. The molecule has 0 aliphatic heterocycles. The van der Waals surface area contributed by atoms with Crippen LogP contribution in [0.1, 0.15) is 200 Å². The fourth-order valence-electron chi connectivity index (χ4n) is 7.11. The Morgan fingerprint density at radius 1 is 0.517 bits per heavy atom. The lowest BCUT2D eigenvalue weighted by atomic mass is 9.85. The lowest BCUT2D eigenvalue weighted by Crippen LogP contribution is -2.64. The molecule has 14 heteroatoms. The molecule has 13 nitrogen and oxygen atoms in total. The SMILES string of the molecule is CCCCC/C=C/CCCCCCCC(=O)O[C@@H](COC(=O)CCCCCCCCCCCCCCCCCCC)COP(=O)(O)OC1C(O)C(O)C(O)[C@H](O)C1O. The number of hydrogen-bond donors (Lipinski definition) is 6. The summed E-state index contributed by atoms with van der Waals surface area (Å²) in [5, 5.41) is 50.1. The van der Waals surface area contributed by atoms with E-state index in [1.54, 1.807) is 0 Å². The molecule has 1 aliphatic carbocycles. The van der Waals surface area contributed by atoms with E-state index in [0.29, 0.717) is 12.8 Å². The third-order valence-electron chi connectivity index (χ3n) is 10.9. The smallest absolute Gasteiger partial charge is 0.462 e.